The number of ether oxygens (including phenoxy) is 1. The molecule has 0 fully saturated rings. The summed E-state index contributed by atoms with van der Waals surface area (Å²) < 4.78 is 18.3. The number of anilines is 1. The molecule has 0 radical (unpaired) electrons. The summed E-state index contributed by atoms with van der Waals surface area (Å²) >= 11 is 0. The van der Waals surface area contributed by atoms with Crippen molar-refractivity contribution in [2.45, 2.75) is 6.04 Å². The van der Waals surface area contributed by atoms with Gasteiger partial charge in [-0.1, -0.05) is 18.2 Å². The lowest BCUT2D eigenvalue weighted by Gasteiger charge is -2.18. The molecule has 2 rings (SSSR count). The molecule has 0 aliphatic heterocycles. The minimum atomic E-state index is -0.359. The van der Waals surface area contributed by atoms with E-state index in [4.69, 9.17) is 4.74 Å². The van der Waals surface area contributed by atoms with Gasteiger partial charge in [-0.15, -0.1) is 0 Å². The van der Waals surface area contributed by atoms with Gasteiger partial charge in [0, 0.05) is 11.8 Å². The molecule has 0 aromatic heterocycles. The molecule has 2 aromatic rings. The van der Waals surface area contributed by atoms with Crippen LogP contribution in [0.25, 0.3) is 0 Å². The van der Waals surface area contributed by atoms with Crippen molar-refractivity contribution in [2.24, 2.45) is 0 Å². The maximum atomic E-state index is 13.2. The summed E-state index contributed by atoms with van der Waals surface area (Å²) in [5.74, 6) is 0.407. The Balaban J connectivity index is 2.18. The molecule has 0 saturated heterocycles. The lowest BCUT2D eigenvalue weighted by molar-refractivity contribution is 0.276. The molecule has 3 nitrogen and oxygen atoms in total. The number of rotatable bonds is 5. The molecule has 1 unspecified atom stereocenters. The van der Waals surface area contributed by atoms with E-state index in [1.165, 1.54) is 12.1 Å². The predicted octanol–water partition coefficient (Wildman–Crippen LogP) is 2.98. The number of aliphatic hydroxyl groups excluding tert-OH is 1. The lowest BCUT2D eigenvalue weighted by atomic mass is 10.1. The van der Waals surface area contributed by atoms with Gasteiger partial charge in [-0.25, -0.2) is 4.39 Å². The Hall–Kier alpha value is -2.07. The van der Waals surface area contributed by atoms with Gasteiger partial charge in [-0.05, 0) is 29.8 Å². The van der Waals surface area contributed by atoms with Gasteiger partial charge in [0.1, 0.15) is 11.6 Å². The molecule has 100 valence electrons. The fraction of sp³-hybridized carbons (Fsp3) is 0.200. The third-order valence-corrected chi connectivity index (χ3v) is 2.84. The van der Waals surface area contributed by atoms with E-state index < -0.39 is 0 Å². The second-order valence-electron chi connectivity index (χ2n) is 4.17. The molecule has 0 aliphatic carbocycles. The van der Waals surface area contributed by atoms with E-state index in [2.05, 4.69) is 5.32 Å². The molecule has 0 spiro atoms. The first kappa shape index (κ1) is 13.4. The summed E-state index contributed by atoms with van der Waals surface area (Å²) in [4.78, 5) is 0. The largest absolute Gasteiger partial charge is 0.497 e. The van der Waals surface area contributed by atoms with E-state index in [9.17, 15) is 9.50 Å². The molecular weight excluding hydrogens is 245 g/mol. The normalized spacial score (nSPS) is 11.9. The molecule has 2 aromatic carbocycles. The molecule has 0 amide bonds. The smallest absolute Gasteiger partial charge is 0.123 e. The highest BCUT2D eigenvalue weighted by Gasteiger charge is 2.11. The van der Waals surface area contributed by atoms with Crippen molar-refractivity contribution in [1.29, 1.82) is 0 Å². The SMILES string of the molecule is COc1cccc(NC(CO)c2cccc(F)c2)c1. The number of aliphatic hydroxyl groups is 1. The standard InChI is InChI=1S/C15H16FNO2/c1-19-14-7-3-6-13(9-14)17-15(10-18)11-4-2-5-12(16)8-11/h2-9,15,17-18H,10H2,1H3. The first-order valence-corrected chi connectivity index (χ1v) is 6.00. The molecule has 0 heterocycles. The van der Waals surface area contributed by atoms with Crippen LogP contribution in [0, 0.1) is 5.82 Å². The van der Waals surface area contributed by atoms with Crippen LogP contribution >= 0.6 is 0 Å². The Morgan fingerprint density at radius 1 is 1.21 bits per heavy atom. The Bertz CT molecular complexity index is 545. The third kappa shape index (κ3) is 3.45. The summed E-state index contributed by atoms with van der Waals surface area (Å²) in [5.41, 5.74) is 1.51. The first-order valence-electron chi connectivity index (χ1n) is 6.00. The molecule has 1 atom stereocenters. The van der Waals surface area contributed by atoms with Gasteiger partial charge in [0.2, 0.25) is 0 Å². The predicted molar refractivity (Wildman–Crippen MR) is 72.8 cm³/mol. The third-order valence-electron chi connectivity index (χ3n) is 2.84. The van der Waals surface area contributed by atoms with Gasteiger partial charge in [0.15, 0.2) is 0 Å². The van der Waals surface area contributed by atoms with Gasteiger partial charge < -0.3 is 15.2 Å². The van der Waals surface area contributed by atoms with Crippen LogP contribution in [0.4, 0.5) is 10.1 Å². The van der Waals surface area contributed by atoms with Crippen LogP contribution in [0.3, 0.4) is 0 Å². The van der Waals surface area contributed by atoms with Crippen molar-refractivity contribution < 1.29 is 14.2 Å². The minimum Gasteiger partial charge on any atom is -0.497 e. The van der Waals surface area contributed by atoms with E-state index in [-0.39, 0.29) is 18.5 Å². The number of hydrogen-bond acceptors (Lipinski definition) is 3. The number of benzene rings is 2. The minimum absolute atomic E-state index is 0.124. The zero-order valence-corrected chi connectivity index (χ0v) is 10.6. The fourth-order valence-electron chi connectivity index (χ4n) is 1.87. The first-order chi connectivity index (χ1) is 9.22. The van der Waals surface area contributed by atoms with Crippen molar-refractivity contribution in [3.63, 3.8) is 0 Å². The van der Waals surface area contributed by atoms with Crippen molar-refractivity contribution in [1.82, 2.24) is 0 Å². The summed E-state index contributed by atoms with van der Waals surface area (Å²) in [6.07, 6.45) is 0. The molecule has 0 saturated carbocycles. The van der Waals surface area contributed by atoms with Crippen molar-refractivity contribution >= 4 is 5.69 Å². The van der Waals surface area contributed by atoms with E-state index in [0.29, 0.717) is 5.56 Å². The van der Waals surface area contributed by atoms with Crippen molar-refractivity contribution in [3.05, 3.63) is 59.9 Å². The Morgan fingerprint density at radius 2 is 2.00 bits per heavy atom. The van der Waals surface area contributed by atoms with Crippen LogP contribution < -0.4 is 10.1 Å². The van der Waals surface area contributed by atoms with Gasteiger partial charge in [0.25, 0.3) is 0 Å². The highest BCUT2D eigenvalue weighted by Crippen LogP contribution is 2.23. The fourth-order valence-corrected chi connectivity index (χ4v) is 1.87. The van der Waals surface area contributed by atoms with Gasteiger partial charge >= 0.3 is 0 Å². The van der Waals surface area contributed by atoms with E-state index in [0.717, 1.165) is 11.4 Å². The average molecular weight is 261 g/mol. The molecule has 0 bridgehead atoms. The van der Waals surface area contributed by atoms with Gasteiger partial charge in [0.05, 0.1) is 19.8 Å². The second-order valence-corrected chi connectivity index (χ2v) is 4.17. The van der Waals surface area contributed by atoms with Crippen LogP contribution in [0.5, 0.6) is 5.75 Å². The highest BCUT2D eigenvalue weighted by atomic mass is 19.1. The summed E-state index contributed by atoms with van der Waals surface area (Å²) in [6, 6.07) is 13.2. The highest BCUT2D eigenvalue weighted by molar-refractivity contribution is 5.50. The number of nitrogens with one attached hydrogen (secondary N) is 1. The molecule has 0 aliphatic rings. The zero-order chi connectivity index (χ0) is 13.7. The zero-order valence-electron chi connectivity index (χ0n) is 10.6. The topological polar surface area (TPSA) is 41.5 Å². The Labute approximate surface area is 111 Å². The maximum absolute atomic E-state index is 13.2. The summed E-state index contributed by atoms with van der Waals surface area (Å²) in [7, 11) is 1.59. The van der Waals surface area contributed by atoms with Crippen LogP contribution in [0.15, 0.2) is 48.5 Å². The maximum Gasteiger partial charge on any atom is 0.123 e. The van der Waals surface area contributed by atoms with E-state index in [1.54, 1.807) is 19.2 Å². The summed E-state index contributed by atoms with van der Waals surface area (Å²) in [6.45, 7) is -0.124. The van der Waals surface area contributed by atoms with Crippen LogP contribution in [0.2, 0.25) is 0 Å². The van der Waals surface area contributed by atoms with Crippen LogP contribution in [-0.2, 0) is 0 Å². The van der Waals surface area contributed by atoms with Crippen molar-refractivity contribution in [3.8, 4) is 5.75 Å². The Morgan fingerprint density at radius 3 is 2.68 bits per heavy atom. The van der Waals surface area contributed by atoms with Crippen molar-refractivity contribution in [2.75, 3.05) is 19.0 Å². The molecule has 4 heteroatoms. The van der Waals surface area contributed by atoms with Crippen LogP contribution in [-0.4, -0.2) is 18.8 Å². The molecule has 2 N–H and O–H groups in total. The average Bonchev–Trinajstić information content (AvgIpc) is 2.45. The van der Waals surface area contributed by atoms with Gasteiger partial charge in [-0.2, -0.15) is 0 Å². The number of methoxy groups -OCH3 is 1. The monoisotopic (exact) mass is 261 g/mol. The van der Waals surface area contributed by atoms with E-state index >= 15 is 0 Å². The molecular formula is C15H16FNO2. The van der Waals surface area contributed by atoms with E-state index in [1.807, 2.05) is 24.3 Å². The molecule has 19 heavy (non-hydrogen) atoms. The second kappa shape index (κ2) is 6.20. The van der Waals surface area contributed by atoms with Gasteiger partial charge in [-0.3, -0.25) is 0 Å². The lowest BCUT2D eigenvalue weighted by Crippen LogP contribution is -2.15. The van der Waals surface area contributed by atoms with Crippen LogP contribution in [0.1, 0.15) is 11.6 Å². The number of hydrogen-bond donors (Lipinski definition) is 2. The Kier molecular flexibility index (Phi) is 4.36. The number of halogens is 1. The summed E-state index contributed by atoms with van der Waals surface area (Å²) in [5, 5.41) is 12.6. The quantitative estimate of drug-likeness (QED) is 0.869.